The van der Waals surface area contributed by atoms with Gasteiger partial charge in [0.2, 0.25) is 5.95 Å². The van der Waals surface area contributed by atoms with Crippen molar-refractivity contribution in [3.63, 3.8) is 0 Å². The zero-order chi connectivity index (χ0) is 31.0. The molecule has 3 aliphatic heterocycles. The van der Waals surface area contributed by atoms with E-state index < -0.39 is 60.0 Å². The van der Waals surface area contributed by atoms with Gasteiger partial charge in [-0.1, -0.05) is 17.5 Å². The lowest BCUT2D eigenvalue weighted by Crippen LogP contribution is -2.35. The van der Waals surface area contributed by atoms with Gasteiger partial charge in [0.15, 0.2) is 22.6 Å². The maximum absolute atomic E-state index is 13.5. The molecule has 3 saturated heterocycles. The molecule has 3 fully saturated rings. The van der Waals surface area contributed by atoms with Crippen molar-refractivity contribution in [2.24, 2.45) is 0 Å². The minimum absolute atomic E-state index is 0.00887. The number of thioether (sulfide) groups is 1. The molecular weight excluding hydrogens is 684 g/mol. The largest absolute Gasteiger partial charge is 0.389 e. The molecule has 0 radical (unpaired) electrons. The molecule has 3 aliphatic rings. The van der Waals surface area contributed by atoms with Crippen LogP contribution in [0.1, 0.15) is 17.0 Å². The molecule has 236 valence electrons. The molecule has 0 aromatic carbocycles. The van der Waals surface area contributed by atoms with E-state index in [1.165, 1.54) is 21.7 Å². The molecular formula is C19H23N11O9P2S3. The van der Waals surface area contributed by atoms with Gasteiger partial charge in [0, 0.05) is 0 Å². The highest BCUT2D eigenvalue weighted by Crippen LogP contribution is 2.60. The summed E-state index contributed by atoms with van der Waals surface area (Å²) in [6.07, 6.45) is -1.80. The number of aromatic amines is 1. The van der Waals surface area contributed by atoms with Crippen LogP contribution in [-0.2, 0) is 39.2 Å². The first-order valence-electron chi connectivity index (χ1n) is 12.7. The molecule has 20 nitrogen and oxygen atoms in total. The number of imidazole rings is 1. The van der Waals surface area contributed by atoms with Gasteiger partial charge in [0.25, 0.3) is 5.56 Å². The van der Waals surface area contributed by atoms with Crippen molar-refractivity contribution in [3.05, 3.63) is 28.6 Å². The van der Waals surface area contributed by atoms with Crippen molar-refractivity contribution >= 4 is 77.9 Å². The molecule has 0 aliphatic carbocycles. The van der Waals surface area contributed by atoms with Gasteiger partial charge in [-0.3, -0.25) is 18.8 Å². The van der Waals surface area contributed by atoms with E-state index >= 15 is 0 Å². The number of thiol groups is 1. The SMILES string of the molecule is Nc1nc2c(nnn2[C@@H]2S[C@@H]3COP(O)(=S)O[C@H]4C(c5cnc6c(N)ncnn56)CO[C@@H]4COP(=O)(S)O[C@@H]2[C@@H]3O)c(=O)[nH]1. The van der Waals surface area contributed by atoms with Gasteiger partial charge in [0.05, 0.1) is 49.0 Å². The third kappa shape index (κ3) is 5.43. The van der Waals surface area contributed by atoms with E-state index in [0.29, 0.717) is 11.3 Å². The molecule has 3 unspecified atom stereocenters. The fourth-order valence-corrected chi connectivity index (χ4v) is 9.80. The highest BCUT2D eigenvalue weighted by atomic mass is 32.7. The summed E-state index contributed by atoms with van der Waals surface area (Å²) in [5.41, 5.74) is 11.7. The first-order chi connectivity index (χ1) is 20.9. The summed E-state index contributed by atoms with van der Waals surface area (Å²) in [5.74, 6) is -0.639. The Labute approximate surface area is 260 Å². The number of aromatic nitrogens is 9. The molecule has 25 heteroatoms. The van der Waals surface area contributed by atoms with E-state index in [1.54, 1.807) is 0 Å². The van der Waals surface area contributed by atoms with Gasteiger partial charge >= 0.3 is 13.5 Å². The van der Waals surface area contributed by atoms with Crippen molar-refractivity contribution in [2.45, 2.75) is 41.0 Å². The van der Waals surface area contributed by atoms with Crippen molar-refractivity contribution in [1.82, 2.24) is 44.5 Å². The number of nitrogens with zero attached hydrogens (tertiary/aromatic N) is 8. The van der Waals surface area contributed by atoms with Crippen LogP contribution in [0.4, 0.5) is 11.8 Å². The van der Waals surface area contributed by atoms with Gasteiger partial charge in [-0.15, -0.1) is 16.9 Å². The lowest BCUT2D eigenvalue weighted by atomic mass is 9.99. The van der Waals surface area contributed by atoms with Gasteiger partial charge in [-0.05, 0) is 11.8 Å². The van der Waals surface area contributed by atoms with Crippen LogP contribution in [0.15, 0.2) is 17.3 Å². The van der Waals surface area contributed by atoms with Crippen molar-refractivity contribution < 1.29 is 37.4 Å². The predicted octanol–water partition coefficient (Wildman–Crippen LogP) is -0.654. The van der Waals surface area contributed by atoms with Crippen LogP contribution < -0.4 is 17.0 Å². The molecule has 4 aromatic rings. The van der Waals surface area contributed by atoms with E-state index in [9.17, 15) is 19.4 Å². The zero-order valence-electron chi connectivity index (χ0n) is 22.0. The number of nitrogens with one attached hydrogen (secondary N) is 1. The number of rotatable bonds is 2. The van der Waals surface area contributed by atoms with E-state index in [4.69, 9.17) is 46.1 Å². The standard InChI is InChI=1S/C19H23N11O9P2S3/c20-14-16-22-1-7(29(16)24-5-23-14)6-2-35-8-3-36-40(33,42)39-13-11(31)9(4-37-41(34,43)38-12(6)8)44-18(13)30-15-10(27-28-30)17(32)26-19(21)25-15/h1,5-6,8-9,11-13,18,31H,2-4H2,(H,33,42)(H,34,43)(H2,20,23,24)(H3,21,25,26,32)/t6?,8-,9-,11-,12+,13-,18-,40?,41?/m1/s1. The Morgan fingerprint density at radius 1 is 1.16 bits per heavy atom. The van der Waals surface area contributed by atoms with Gasteiger partial charge in [0.1, 0.15) is 30.0 Å². The van der Waals surface area contributed by atoms with Crippen LogP contribution >= 0.6 is 37.5 Å². The van der Waals surface area contributed by atoms with Crippen LogP contribution in [0, 0.1) is 0 Å². The predicted molar refractivity (Wildman–Crippen MR) is 159 cm³/mol. The second kappa shape index (κ2) is 11.2. The minimum Gasteiger partial charge on any atom is -0.389 e. The summed E-state index contributed by atoms with van der Waals surface area (Å²) in [6, 6.07) is 0. The Hall–Kier alpha value is -2.27. The topological polar surface area (TPSA) is 275 Å². The second-order valence-electron chi connectivity index (χ2n) is 9.92. The van der Waals surface area contributed by atoms with Crippen LogP contribution in [0.2, 0.25) is 0 Å². The number of aliphatic hydroxyl groups is 1. The number of H-pyrrole nitrogens is 1. The first-order valence-corrected chi connectivity index (χ1v) is 18.9. The minimum atomic E-state index is -4.23. The smallest absolute Gasteiger partial charge is 0.386 e. The Balaban J connectivity index is 1.21. The average Bonchev–Trinajstić information content (AvgIpc) is 3.72. The second-order valence-corrected chi connectivity index (χ2v) is 17.0. The van der Waals surface area contributed by atoms with Crippen molar-refractivity contribution in [1.29, 1.82) is 0 Å². The summed E-state index contributed by atoms with van der Waals surface area (Å²) < 4.78 is 45.2. The van der Waals surface area contributed by atoms with Crippen LogP contribution in [0.3, 0.4) is 0 Å². The van der Waals surface area contributed by atoms with Crippen LogP contribution in [-0.4, -0.2) is 104 Å². The zero-order valence-corrected chi connectivity index (χ0v) is 26.3. The Morgan fingerprint density at radius 2 is 1.98 bits per heavy atom. The molecule has 7 rings (SSSR count). The molecule has 0 amide bonds. The summed E-state index contributed by atoms with van der Waals surface area (Å²) in [6.45, 7) is -8.88. The maximum Gasteiger partial charge on any atom is 0.386 e. The van der Waals surface area contributed by atoms with Gasteiger partial charge in [-0.25, -0.2) is 23.7 Å². The highest BCUT2D eigenvalue weighted by Gasteiger charge is 2.51. The summed E-state index contributed by atoms with van der Waals surface area (Å²) in [7, 11) is 0. The number of aliphatic hydroxyl groups excluding tert-OH is 1. The number of nitrogens with two attached hydrogens (primary N) is 2. The quantitative estimate of drug-likeness (QED) is 0.111. The number of ether oxygens (including phenoxy) is 1. The molecule has 4 aromatic heterocycles. The van der Waals surface area contributed by atoms with Gasteiger partial charge in [-0.2, -0.15) is 10.1 Å². The van der Waals surface area contributed by atoms with Gasteiger partial charge < -0.3 is 35.3 Å². The number of hydrogen-bond donors (Lipinski definition) is 6. The fourth-order valence-electron chi connectivity index (χ4n) is 5.22. The number of fused-ring (bicyclic) bond motifs is 5. The molecule has 9 atom stereocenters. The number of anilines is 2. The number of nitrogen functional groups attached to an aromatic ring is 2. The molecule has 2 bridgehead atoms. The summed E-state index contributed by atoms with van der Waals surface area (Å²) in [4.78, 5) is 38.1. The molecule has 7 N–H and O–H groups in total. The summed E-state index contributed by atoms with van der Waals surface area (Å²) >= 11 is 10.6. The highest BCUT2D eigenvalue weighted by molar-refractivity contribution is 8.44. The van der Waals surface area contributed by atoms with E-state index in [1.807, 2.05) is 0 Å². The monoisotopic (exact) mass is 707 g/mol. The van der Waals surface area contributed by atoms with E-state index in [0.717, 1.165) is 11.8 Å². The first kappa shape index (κ1) is 30.4. The van der Waals surface area contributed by atoms with Crippen LogP contribution in [0.25, 0.3) is 16.8 Å². The van der Waals surface area contributed by atoms with Crippen LogP contribution in [0.5, 0.6) is 0 Å². The third-order valence-electron chi connectivity index (χ3n) is 7.21. The lowest BCUT2D eigenvalue weighted by Gasteiger charge is -2.28. The Morgan fingerprint density at radius 3 is 2.80 bits per heavy atom. The number of hydrogen-bond acceptors (Lipinski definition) is 18. The average molecular weight is 708 g/mol. The van der Waals surface area contributed by atoms with Crippen molar-refractivity contribution in [2.75, 3.05) is 31.3 Å². The normalized spacial score (nSPS) is 36.6. The third-order valence-corrected chi connectivity index (χ3v) is 11.9. The lowest BCUT2D eigenvalue weighted by molar-refractivity contribution is 0.00222. The molecule has 0 spiro atoms. The fraction of sp³-hybridized carbons (Fsp3) is 0.526. The van der Waals surface area contributed by atoms with E-state index in [-0.39, 0.29) is 42.8 Å². The Kier molecular flexibility index (Phi) is 7.74. The maximum atomic E-state index is 13.5. The Bertz CT molecular complexity index is 1910. The van der Waals surface area contributed by atoms with E-state index in [2.05, 4.69) is 47.6 Å². The summed E-state index contributed by atoms with van der Waals surface area (Å²) in [5, 5.41) is 21.5. The van der Waals surface area contributed by atoms with Crippen molar-refractivity contribution in [3.8, 4) is 0 Å². The molecule has 0 saturated carbocycles. The molecule has 44 heavy (non-hydrogen) atoms. The molecule has 7 heterocycles.